The van der Waals surface area contributed by atoms with E-state index < -0.39 is 16.4 Å². The number of hydrogen-bond acceptors (Lipinski definition) is 6. The Morgan fingerprint density at radius 3 is 1.56 bits per heavy atom. The molecule has 0 spiro atoms. The maximum Gasteiger partial charge on any atom is 0.303 e. The quantitative estimate of drug-likeness (QED) is 0.0778. The van der Waals surface area contributed by atoms with Crippen LogP contribution in [0.25, 0.3) is 0 Å². The summed E-state index contributed by atoms with van der Waals surface area (Å²) in [4.78, 5) is 10.3. The molecule has 0 saturated heterocycles. The lowest BCUT2D eigenvalue weighted by Gasteiger charge is -2.27. The van der Waals surface area contributed by atoms with Gasteiger partial charge in [0, 0.05) is 12.8 Å². The Hall–Kier alpha value is -0.740. The van der Waals surface area contributed by atoms with Gasteiger partial charge in [-0.25, -0.2) is 8.42 Å². The predicted molar refractivity (Wildman–Crippen MR) is 150 cm³/mol. The van der Waals surface area contributed by atoms with E-state index in [2.05, 4.69) is 39.0 Å². The molecule has 0 aliphatic carbocycles. The highest BCUT2D eigenvalue weighted by molar-refractivity contribution is 7.80. The molecule has 0 aromatic heterocycles. The molecule has 0 aromatic carbocycles. The molecule has 9 heteroatoms. The summed E-state index contributed by atoms with van der Waals surface area (Å²) in [7, 11) is 0.0394. The van der Waals surface area contributed by atoms with Crippen LogP contribution >= 0.6 is 0 Å². The van der Waals surface area contributed by atoms with Crippen molar-refractivity contribution in [3.8, 4) is 0 Å². The van der Waals surface area contributed by atoms with Crippen molar-refractivity contribution in [2.45, 2.75) is 124 Å². The summed E-state index contributed by atoms with van der Waals surface area (Å²) in [6, 6.07) is 0. The van der Waals surface area contributed by atoms with Crippen LogP contribution in [0.15, 0.2) is 0 Å². The fourth-order valence-corrected chi connectivity index (χ4v) is 3.71. The lowest BCUT2D eigenvalue weighted by Crippen LogP contribution is -2.40. The smallest absolute Gasteiger partial charge is 0.303 e. The summed E-state index contributed by atoms with van der Waals surface area (Å²) >= 11 is 0. The van der Waals surface area contributed by atoms with Crippen LogP contribution in [0.5, 0.6) is 0 Å². The largest absolute Gasteiger partial charge is 0.726 e. The molecular formula is C27H60N2O6S. The van der Waals surface area contributed by atoms with Gasteiger partial charge in [0.05, 0.1) is 33.8 Å². The number of nitrogens with two attached hydrogens (primary N) is 1. The zero-order valence-corrected chi connectivity index (χ0v) is 25.3. The van der Waals surface area contributed by atoms with Crippen molar-refractivity contribution in [2.75, 3.05) is 40.3 Å². The van der Waals surface area contributed by atoms with Crippen molar-refractivity contribution in [2.24, 2.45) is 11.7 Å². The topological polar surface area (TPSA) is 130 Å². The van der Waals surface area contributed by atoms with Crippen molar-refractivity contribution in [1.82, 2.24) is 0 Å². The third-order valence-corrected chi connectivity index (χ3v) is 6.53. The van der Waals surface area contributed by atoms with Crippen LogP contribution in [0.1, 0.15) is 124 Å². The lowest BCUT2D eigenvalue weighted by atomic mass is 10.0. The third-order valence-electron chi connectivity index (χ3n) is 6.01. The summed E-state index contributed by atoms with van der Waals surface area (Å²) in [5, 5.41) is 8.52. The second-order valence-corrected chi connectivity index (χ2v) is 11.6. The number of hydrogen-bond donors (Lipinski definition) is 2. The zero-order valence-electron chi connectivity index (χ0n) is 24.4. The zero-order chi connectivity index (χ0) is 28.3. The Bertz CT molecular complexity index is 569. The number of carboxylic acid groups (broad SMARTS) is 1. The number of carbonyl (C=O) groups is 1. The minimum Gasteiger partial charge on any atom is -0.726 e. The van der Waals surface area contributed by atoms with E-state index >= 15 is 0 Å². The van der Waals surface area contributed by atoms with Crippen LogP contribution in [-0.4, -0.2) is 68.9 Å². The van der Waals surface area contributed by atoms with Gasteiger partial charge in [-0.05, 0) is 32.7 Å². The number of rotatable bonds is 21. The normalized spacial score (nSPS) is 11.5. The van der Waals surface area contributed by atoms with Crippen molar-refractivity contribution >= 4 is 16.4 Å². The predicted octanol–water partition coefficient (Wildman–Crippen LogP) is 6.10. The number of quaternary nitrogens is 1. The van der Waals surface area contributed by atoms with Gasteiger partial charge in [0.15, 0.2) is 0 Å². The van der Waals surface area contributed by atoms with Crippen LogP contribution < -0.4 is 5.73 Å². The molecule has 0 radical (unpaired) electrons. The SMILES string of the molecule is CC(C)CCCCCCCCCCCCCCC(=O)O.CCOS(=O)(=O)[O-].CC[N+](C)(C)CCCN. The van der Waals surface area contributed by atoms with Crippen molar-refractivity contribution in [1.29, 1.82) is 0 Å². The van der Waals surface area contributed by atoms with E-state index in [4.69, 9.17) is 10.8 Å². The van der Waals surface area contributed by atoms with E-state index in [9.17, 15) is 17.8 Å². The lowest BCUT2D eigenvalue weighted by molar-refractivity contribution is -0.888. The molecule has 0 heterocycles. The highest BCUT2D eigenvalue weighted by Crippen LogP contribution is 2.14. The highest BCUT2D eigenvalue weighted by Gasteiger charge is 2.08. The minimum absolute atomic E-state index is 0.0914. The maximum absolute atomic E-state index is 10.3. The second kappa shape index (κ2) is 27.3. The number of nitrogens with zero attached hydrogens (tertiary/aromatic N) is 1. The second-order valence-electron chi connectivity index (χ2n) is 10.5. The Morgan fingerprint density at radius 1 is 0.861 bits per heavy atom. The van der Waals surface area contributed by atoms with Crippen LogP contribution in [0, 0.1) is 5.92 Å². The molecule has 0 aliphatic rings. The van der Waals surface area contributed by atoms with Gasteiger partial charge in [0.2, 0.25) is 10.4 Å². The van der Waals surface area contributed by atoms with E-state index in [0.29, 0.717) is 6.42 Å². The van der Waals surface area contributed by atoms with Crippen molar-refractivity contribution < 1.29 is 31.5 Å². The van der Waals surface area contributed by atoms with E-state index in [-0.39, 0.29) is 6.61 Å². The highest BCUT2D eigenvalue weighted by atomic mass is 32.3. The van der Waals surface area contributed by atoms with Gasteiger partial charge < -0.3 is 19.9 Å². The average Bonchev–Trinajstić information content (AvgIpc) is 2.77. The number of aliphatic carboxylic acids is 1. The van der Waals surface area contributed by atoms with Crippen LogP contribution in [0.4, 0.5) is 0 Å². The molecule has 220 valence electrons. The summed E-state index contributed by atoms with van der Waals surface area (Å²) in [6.07, 6.45) is 18.5. The Morgan fingerprint density at radius 2 is 1.28 bits per heavy atom. The summed E-state index contributed by atoms with van der Waals surface area (Å²) in [5.41, 5.74) is 5.38. The van der Waals surface area contributed by atoms with Gasteiger partial charge in [-0.2, -0.15) is 0 Å². The Labute approximate surface area is 223 Å². The first kappa shape index (κ1) is 39.8. The van der Waals surface area contributed by atoms with E-state index in [1.165, 1.54) is 90.6 Å². The molecule has 0 rings (SSSR count). The van der Waals surface area contributed by atoms with Gasteiger partial charge in [-0.3, -0.25) is 8.98 Å². The fourth-order valence-electron chi connectivity index (χ4n) is 3.42. The third kappa shape index (κ3) is 43.3. The molecular weight excluding hydrogens is 480 g/mol. The Balaban J connectivity index is -0.000000558. The number of unbranched alkanes of at least 4 members (excludes halogenated alkanes) is 11. The van der Waals surface area contributed by atoms with Gasteiger partial charge in [0.1, 0.15) is 0 Å². The van der Waals surface area contributed by atoms with Gasteiger partial charge >= 0.3 is 5.97 Å². The first-order valence-electron chi connectivity index (χ1n) is 14.1. The fraction of sp³-hybridized carbons (Fsp3) is 0.963. The van der Waals surface area contributed by atoms with Gasteiger partial charge in [0.25, 0.3) is 0 Å². The monoisotopic (exact) mass is 540 g/mol. The molecule has 36 heavy (non-hydrogen) atoms. The van der Waals surface area contributed by atoms with Crippen LogP contribution in [0.2, 0.25) is 0 Å². The number of carboxylic acids is 1. The molecule has 0 saturated carbocycles. The van der Waals surface area contributed by atoms with Crippen molar-refractivity contribution in [3.05, 3.63) is 0 Å². The molecule has 0 aliphatic heterocycles. The molecule has 8 nitrogen and oxygen atoms in total. The minimum atomic E-state index is -4.42. The average molecular weight is 541 g/mol. The van der Waals surface area contributed by atoms with Gasteiger partial charge in [-0.15, -0.1) is 0 Å². The van der Waals surface area contributed by atoms with Crippen LogP contribution in [0.3, 0.4) is 0 Å². The standard InChI is InChI=1S/C18H36O2.C7H19N2.C2H6O4S/c1-17(2)15-13-11-9-7-5-3-4-6-8-10-12-14-16-18(19)20;1-4-9(2,3)7-5-6-8;1-2-6-7(3,4)5/h17H,3-16H2,1-2H3,(H,19,20);4-8H2,1-3H3;2H2,1H3,(H,3,4,5)/q;+1;/p-1. The van der Waals surface area contributed by atoms with Crippen LogP contribution in [-0.2, 0) is 19.4 Å². The van der Waals surface area contributed by atoms with E-state index in [1.54, 1.807) is 0 Å². The molecule has 0 fully saturated rings. The molecule has 0 amide bonds. The maximum atomic E-state index is 10.3. The van der Waals surface area contributed by atoms with Gasteiger partial charge in [-0.1, -0.05) is 90.9 Å². The first-order chi connectivity index (χ1) is 16.8. The molecule has 0 bridgehead atoms. The van der Waals surface area contributed by atoms with Crippen molar-refractivity contribution in [3.63, 3.8) is 0 Å². The molecule has 0 unspecified atom stereocenters. The summed E-state index contributed by atoms with van der Waals surface area (Å²) in [6.45, 7) is 11.4. The summed E-state index contributed by atoms with van der Waals surface area (Å²) < 4.78 is 33.1. The Kier molecular flexibility index (Phi) is 30.2. The summed E-state index contributed by atoms with van der Waals surface area (Å²) in [5.74, 6) is 0.212. The molecule has 0 atom stereocenters. The molecule has 0 aromatic rings. The van der Waals surface area contributed by atoms with E-state index in [0.717, 1.165) is 36.2 Å². The molecule has 3 N–H and O–H groups in total. The first-order valence-corrected chi connectivity index (χ1v) is 15.5. The van der Waals surface area contributed by atoms with E-state index in [1.807, 2.05) is 0 Å².